The van der Waals surface area contributed by atoms with Gasteiger partial charge in [-0.15, -0.1) is 0 Å². The van der Waals surface area contributed by atoms with E-state index in [1.165, 1.54) is 19.3 Å². The lowest BCUT2D eigenvalue weighted by atomic mass is 9.99. The largest absolute Gasteiger partial charge is 0.368 e. The van der Waals surface area contributed by atoms with E-state index in [-0.39, 0.29) is 5.91 Å². The van der Waals surface area contributed by atoms with Crippen molar-refractivity contribution >= 4 is 11.6 Å². The minimum atomic E-state index is 0.0281. The Morgan fingerprint density at radius 2 is 2.23 bits per heavy atom. The number of rotatable bonds is 6. The van der Waals surface area contributed by atoms with Crippen LogP contribution < -0.4 is 4.90 Å². The van der Waals surface area contributed by atoms with E-state index >= 15 is 0 Å². The standard InChI is InChI=1S/C18H29N3O/c1-4-6-12-20(3)18(22)17-14-16(10-11-19-17)21-13-8-7-9-15(21)5-2/h10-11,14-15H,4-9,12-13H2,1-3H3. The molecule has 1 aliphatic rings. The normalized spacial score (nSPS) is 18.3. The summed E-state index contributed by atoms with van der Waals surface area (Å²) in [7, 11) is 1.86. The first-order valence-corrected chi connectivity index (χ1v) is 8.65. The zero-order valence-corrected chi connectivity index (χ0v) is 14.2. The quantitative estimate of drug-likeness (QED) is 0.803. The molecule has 0 aromatic carbocycles. The summed E-state index contributed by atoms with van der Waals surface area (Å²) in [6.07, 6.45) is 8.85. The molecule has 1 fully saturated rings. The second-order valence-electron chi connectivity index (χ2n) is 6.23. The molecule has 0 bridgehead atoms. The molecule has 1 saturated heterocycles. The molecule has 1 aromatic heterocycles. The van der Waals surface area contributed by atoms with Crippen molar-refractivity contribution in [2.45, 2.75) is 58.4 Å². The van der Waals surface area contributed by atoms with E-state index in [1.807, 2.05) is 19.2 Å². The van der Waals surface area contributed by atoms with Crippen molar-refractivity contribution in [3.05, 3.63) is 24.0 Å². The summed E-state index contributed by atoms with van der Waals surface area (Å²) < 4.78 is 0. The monoisotopic (exact) mass is 303 g/mol. The van der Waals surface area contributed by atoms with Crippen LogP contribution in [0.2, 0.25) is 0 Å². The second-order valence-corrected chi connectivity index (χ2v) is 6.23. The molecule has 0 spiro atoms. The number of unbranched alkanes of at least 4 members (excludes halogenated alkanes) is 1. The first-order chi connectivity index (χ1) is 10.7. The Morgan fingerprint density at radius 3 is 2.95 bits per heavy atom. The van der Waals surface area contributed by atoms with Crippen LogP contribution in [0.5, 0.6) is 0 Å². The van der Waals surface area contributed by atoms with E-state index in [0.717, 1.165) is 38.0 Å². The average molecular weight is 303 g/mol. The van der Waals surface area contributed by atoms with Crippen LogP contribution in [0.3, 0.4) is 0 Å². The lowest BCUT2D eigenvalue weighted by Crippen LogP contribution is -2.39. The van der Waals surface area contributed by atoms with Crippen molar-refractivity contribution in [1.29, 1.82) is 0 Å². The van der Waals surface area contributed by atoms with Gasteiger partial charge in [0.2, 0.25) is 0 Å². The van der Waals surface area contributed by atoms with Crippen LogP contribution in [0.25, 0.3) is 0 Å². The van der Waals surface area contributed by atoms with Crippen molar-refractivity contribution in [1.82, 2.24) is 9.88 Å². The Balaban J connectivity index is 2.13. The van der Waals surface area contributed by atoms with Gasteiger partial charge in [-0.25, -0.2) is 0 Å². The average Bonchev–Trinajstić information content (AvgIpc) is 2.59. The molecule has 1 unspecified atom stereocenters. The smallest absolute Gasteiger partial charge is 0.272 e. The summed E-state index contributed by atoms with van der Waals surface area (Å²) in [5, 5.41) is 0. The third-order valence-corrected chi connectivity index (χ3v) is 4.59. The molecule has 2 heterocycles. The fourth-order valence-corrected chi connectivity index (χ4v) is 3.17. The summed E-state index contributed by atoms with van der Waals surface area (Å²) >= 11 is 0. The van der Waals surface area contributed by atoms with E-state index < -0.39 is 0 Å². The molecule has 2 rings (SSSR count). The molecule has 0 saturated carbocycles. The van der Waals surface area contributed by atoms with E-state index in [2.05, 4.69) is 23.7 Å². The predicted molar refractivity (Wildman–Crippen MR) is 91.4 cm³/mol. The third-order valence-electron chi connectivity index (χ3n) is 4.59. The Kier molecular flexibility index (Phi) is 6.22. The van der Waals surface area contributed by atoms with Crippen LogP contribution in [0.4, 0.5) is 5.69 Å². The Morgan fingerprint density at radius 1 is 1.41 bits per heavy atom. The number of anilines is 1. The zero-order valence-electron chi connectivity index (χ0n) is 14.2. The molecule has 1 aromatic rings. The lowest BCUT2D eigenvalue weighted by molar-refractivity contribution is 0.0787. The number of hydrogen-bond acceptors (Lipinski definition) is 3. The molecule has 122 valence electrons. The van der Waals surface area contributed by atoms with Crippen molar-refractivity contribution in [2.75, 3.05) is 25.0 Å². The number of amides is 1. The number of pyridine rings is 1. The van der Waals surface area contributed by atoms with Gasteiger partial charge in [0, 0.05) is 38.1 Å². The minimum Gasteiger partial charge on any atom is -0.368 e. The van der Waals surface area contributed by atoms with Gasteiger partial charge in [-0.3, -0.25) is 9.78 Å². The van der Waals surface area contributed by atoms with Crippen LogP contribution in [-0.2, 0) is 0 Å². The number of hydrogen-bond donors (Lipinski definition) is 0. The Labute approximate surface area is 134 Å². The van der Waals surface area contributed by atoms with Gasteiger partial charge in [-0.1, -0.05) is 20.3 Å². The molecular formula is C18H29N3O. The van der Waals surface area contributed by atoms with Gasteiger partial charge in [0.25, 0.3) is 5.91 Å². The maximum Gasteiger partial charge on any atom is 0.272 e. The molecule has 1 amide bonds. The lowest BCUT2D eigenvalue weighted by Gasteiger charge is -2.37. The molecule has 4 heteroatoms. The molecule has 22 heavy (non-hydrogen) atoms. The molecule has 0 N–H and O–H groups in total. The van der Waals surface area contributed by atoms with Gasteiger partial charge < -0.3 is 9.80 Å². The first kappa shape index (κ1) is 16.8. The number of piperidine rings is 1. The van der Waals surface area contributed by atoms with Crippen molar-refractivity contribution in [3.8, 4) is 0 Å². The number of nitrogens with zero attached hydrogens (tertiary/aromatic N) is 3. The highest BCUT2D eigenvalue weighted by molar-refractivity contribution is 5.93. The first-order valence-electron chi connectivity index (χ1n) is 8.65. The summed E-state index contributed by atoms with van der Waals surface area (Å²) in [6, 6.07) is 4.60. The predicted octanol–water partition coefficient (Wildman–Crippen LogP) is 3.72. The zero-order chi connectivity index (χ0) is 15.9. The van der Waals surface area contributed by atoms with Gasteiger partial charge in [-0.2, -0.15) is 0 Å². The molecule has 0 aliphatic carbocycles. The topological polar surface area (TPSA) is 36.4 Å². The van der Waals surface area contributed by atoms with Crippen molar-refractivity contribution in [2.24, 2.45) is 0 Å². The third kappa shape index (κ3) is 3.99. The number of aromatic nitrogens is 1. The van der Waals surface area contributed by atoms with Gasteiger partial charge in [0.15, 0.2) is 0 Å². The summed E-state index contributed by atoms with van der Waals surface area (Å²) in [5.41, 5.74) is 1.71. The van der Waals surface area contributed by atoms with Gasteiger partial charge in [0.05, 0.1) is 0 Å². The van der Waals surface area contributed by atoms with Crippen molar-refractivity contribution < 1.29 is 4.79 Å². The maximum atomic E-state index is 12.5. The van der Waals surface area contributed by atoms with Gasteiger partial charge in [0.1, 0.15) is 5.69 Å². The van der Waals surface area contributed by atoms with Crippen LogP contribution in [0.15, 0.2) is 18.3 Å². The second kappa shape index (κ2) is 8.16. The molecule has 0 radical (unpaired) electrons. The Bertz CT molecular complexity index is 489. The number of carbonyl (C=O) groups is 1. The minimum absolute atomic E-state index is 0.0281. The van der Waals surface area contributed by atoms with E-state index in [1.54, 1.807) is 11.1 Å². The van der Waals surface area contributed by atoms with Gasteiger partial charge in [-0.05, 0) is 44.2 Å². The maximum absolute atomic E-state index is 12.5. The molecular weight excluding hydrogens is 274 g/mol. The highest BCUT2D eigenvalue weighted by atomic mass is 16.2. The molecule has 1 atom stereocenters. The fraction of sp³-hybridized carbons (Fsp3) is 0.667. The summed E-state index contributed by atoms with van der Waals surface area (Å²) in [4.78, 5) is 21.0. The van der Waals surface area contributed by atoms with Gasteiger partial charge >= 0.3 is 0 Å². The Hall–Kier alpha value is -1.58. The SMILES string of the molecule is CCCCN(C)C(=O)c1cc(N2CCCCC2CC)ccn1. The van der Waals surface area contributed by atoms with Crippen LogP contribution in [0, 0.1) is 0 Å². The molecule has 1 aliphatic heterocycles. The van der Waals surface area contributed by atoms with Crippen molar-refractivity contribution in [3.63, 3.8) is 0 Å². The fourth-order valence-electron chi connectivity index (χ4n) is 3.17. The molecule has 4 nitrogen and oxygen atoms in total. The number of carbonyl (C=O) groups excluding carboxylic acids is 1. The summed E-state index contributed by atoms with van der Waals surface area (Å²) in [6.45, 7) is 6.26. The van der Waals surface area contributed by atoms with E-state index in [9.17, 15) is 4.79 Å². The van der Waals surface area contributed by atoms with Crippen LogP contribution in [-0.4, -0.2) is 42.0 Å². The van der Waals surface area contributed by atoms with Crippen LogP contribution >= 0.6 is 0 Å². The highest BCUT2D eigenvalue weighted by Gasteiger charge is 2.22. The summed E-state index contributed by atoms with van der Waals surface area (Å²) in [5.74, 6) is 0.0281. The van der Waals surface area contributed by atoms with E-state index in [4.69, 9.17) is 0 Å². The van der Waals surface area contributed by atoms with Crippen LogP contribution in [0.1, 0.15) is 62.9 Å². The van der Waals surface area contributed by atoms with E-state index in [0.29, 0.717) is 11.7 Å². The highest BCUT2D eigenvalue weighted by Crippen LogP contribution is 2.26.